The van der Waals surface area contributed by atoms with Crippen LogP contribution in [0.4, 0.5) is 0 Å². The van der Waals surface area contributed by atoms with Crippen LogP contribution >= 0.6 is 11.6 Å². The number of aryl methyl sites for hydroxylation is 2. The molecular weight excluding hydrogens is 440 g/mol. The summed E-state index contributed by atoms with van der Waals surface area (Å²) in [5.41, 5.74) is 1.52. The molecule has 4 rings (SSSR count). The minimum absolute atomic E-state index is 0.104. The van der Waals surface area contributed by atoms with Crippen molar-refractivity contribution in [2.75, 3.05) is 32.8 Å². The van der Waals surface area contributed by atoms with Crippen molar-refractivity contribution in [3.05, 3.63) is 28.3 Å². The lowest BCUT2D eigenvalue weighted by molar-refractivity contribution is -0.146. The van der Waals surface area contributed by atoms with Crippen molar-refractivity contribution in [1.29, 1.82) is 0 Å². The van der Waals surface area contributed by atoms with E-state index in [0.29, 0.717) is 45.5 Å². The average molecular weight is 477 g/mol. The van der Waals surface area contributed by atoms with Gasteiger partial charge >= 0.3 is 0 Å². The van der Waals surface area contributed by atoms with Gasteiger partial charge in [-0.2, -0.15) is 0 Å². The molecule has 1 aromatic rings. The summed E-state index contributed by atoms with van der Waals surface area (Å²) in [6.45, 7) is 6.84. The number of aliphatic hydroxyl groups is 1. The van der Waals surface area contributed by atoms with Gasteiger partial charge in [-0.25, -0.2) is 0 Å². The van der Waals surface area contributed by atoms with Gasteiger partial charge in [0.2, 0.25) is 11.8 Å². The third kappa shape index (κ3) is 5.65. The van der Waals surface area contributed by atoms with Crippen LogP contribution in [-0.4, -0.2) is 65.6 Å². The van der Waals surface area contributed by atoms with Gasteiger partial charge in [-0.05, 0) is 75.6 Å². The number of amides is 2. The Labute approximate surface area is 202 Å². The normalized spacial score (nSPS) is 24.5. The fourth-order valence-corrected chi connectivity index (χ4v) is 5.51. The molecule has 2 heterocycles. The van der Waals surface area contributed by atoms with Crippen LogP contribution in [0.1, 0.15) is 62.5 Å². The van der Waals surface area contributed by atoms with E-state index >= 15 is 0 Å². The molecule has 1 saturated carbocycles. The van der Waals surface area contributed by atoms with Crippen LogP contribution in [0.25, 0.3) is 0 Å². The van der Waals surface area contributed by atoms with Crippen molar-refractivity contribution in [3.63, 3.8) is 0 Å². The van der Waals surface area contributed by atoms with Crippen LogP contribution in [0, 0.1) is 25.2 Å². The molecule has 1 aliphatic carbocycles. The Kier molecular flexibility index (Phi) is 7.54. The summed E-state index contributed by atoms with van der Waals surface area (Å²) >= 11 is 6.33. The van der Waals surface area contributed by atoms with Gasteiger partial charge in [-0.15, -0.1) is 0 Å². The second-order valence-corrected chi connectivity index (χ2v) is 10.8. The number of piperidine rings is 2. The first-order valence-electron chi connectivity index (χ1n) is 12.4. The quantitative estimate of drug-likeness (QED) is 0.670. The fraction of sp³-hybridized carbons (Fsp3) is 0.692. The van der Waals surface area contributed by atoms with E-state index in [1.54, 1.807) is 0 Å². The third-order valence-electron chi connectivity index (χ3n) is 7.73. The van der Waals surface area contributed by atoms with Gasteiger partial charge in [-0.3, -0.25) is 9.59 Å². The molecule has 0 spiro atoms. The summed E-state index contributed by atoms with van der Waals surface area (Å²) in [6.07, 6.45) is 6.15. The lowest BCUT2D eigenvalue weighted by Gasteiger charge is -2.45. The molecule has 182 valence electrons. The van der Waals surface area contributed by atoms with Crippen molar-refractivity contribution in [3.8, 4) is 5.75 Å². The first-order chi connectivity index (χ1) is 15.8. The lowest BCUT2D eigenvalue weighted by Crippen LogP contribution is -2.53. The van der Waals surface area contributed by atoms with E-state index in [-0.39, 0.29) is 23.8 Å². The molecule has 3 fully saturated rings. The van der Waals surface area contributed by atoms with Crippen molar-refractivity contribution < 1.29 is 19.4 Å². The van der Waals surface area contributed by atoms with Crippen molar-refractivity contribution in [2.45, 2.75) is 71.3 Å². The van der Waals surface area contributed by atoms with E-state index in [0.717, 1.165) is 60.5 Å². The van der Waals surface area contributed by atoms with Gasteiger partial charge in [0, 0.05) is 49.0 Å². The molecule has 1 aromatic carbocycles. The predicted octanol–water partition coefficient (Wildman–Crippen LogP) is 4.12. The number of likely N-dealkylation sites (tertiary alicyclic amines) is 2. The van der Waals surface area contributed by atoms with Crippen molar-refractivity contribution in [2.24, 2.45) is 11.3 Å². The number of carbonyl (C=O) groups excluding carboxylic acids is 2. The van der Waals surface area contributed by atoms with Crippen LogP contribution in [-0.2, 0) is 9.59 Å². The second kappa shape index (κ2) is 10.2. The Balaban J connectivity index is 1.50. The molecule has 2 amide bonds. The zero-order valence-corrected chi connectivity index (χ0v) is 20.7. The second-order valence-electron chi connectivity index (χ2n) is 10.4. The van der Waals surface area contributed by atoms with Gasteiger partial charge in [0.25, 0.3) is 0 Å². The molecule has 3 aliphatic rings. The number of carbonyl (C=O) groups is 2. The predicted molar refractivity (Wildman–Crippen MR) is 128 cm³/mol. The molecular formula is C26H37ClN2O4. The highest BCUT2D eigenvalue weighted by Crippen LogP contribution is 2.38. The molecule has 33 heavy (non-hydrogen) atoms. The topological polar surface area (TPSA) is 70.1 Å². The summed E-state index contributed by atoms with van der Waals surface area (Å²) in [4.78, 5) is 30.2. The van der Waals surface area contributed by atoms with Crippen LogP contribution in [0.15, 0.2) is 12.1 Å². The molecule has 0 radical (unpaired) electrons. The lowest BCUT2D eigenvalue weighted by atomic mass is 9.76. The molecule has 2 saturated heterocycles. The molecule has 6 nitrogen and oxygen atoms in total. The summed E-state index contributed by atoms with van der Waals surface area (Å²) in [5.74, 6) is 1.26. The number of nitrogens with zero attached hydrogens (tertiary/aromatic N) is 2. The Morgan fingerprint density at radius 3 is 2.33 bits per heavy atom. The van der Waals surface area contributed by atoms with Crippen molar-refractivity contribution in [1.82, 2.24) is 9.80 Å². The first kappa shape index (κ1) is 24.3. The SMILES string of the molecule is Cc1cc(OC[C@]2(CC(=O)N3CCC(O)CC3)CCCN(C(=O)C3CCC3)C2)cc(C)c1Cl. The summed E-state index contributed by atoms with van der Waals surface area (Å²) in [7, 11) is 0. The zero-order chi connectivity index (χ0) is 23.6. The third-order valence-corrected chi connectivity index (χ3v) is 8.32. The van der Waals surface area contributed by atoms with Gasteiger partial charge < -0.3 is 19.6 Å². The Bertz CT molecular complexity index is 856. The minimum Gasteiger partial charge on any atom is -0.493 e. The van der Waals surface area contributed by atoms with Crippen LogP contribution in [0.3, 0.4) is 0 Å². The maximum absolute atomic E-state index is 13.3. The van der Waals surface area contributed by atoms with E-state index in [2.05, 4.69) is 0 Å². The molecule has 1 N–H and O–H groups in total. The van der Waals surface area contributed by atoms with E-state index in [1.807, 2.05) is 35.8 Å². The monoisotopic (exact) mass is 476 g/mol. The molecule has 0 aromatic heterocycles. The molecule has 2 aliphatic heterocycles. The summed E-state index contributed by atoms with van der Waals surface area (Å²) in [6, 6.07) is 3.88. The molecule has 0 bridgehead atoms. The Morgan fingerprint density at radius 2 is 1.73 bits per heavy atom. The van der Waals surface area contributed by atoms with Gasteiger partial charge in [0.1, 0.15) is 5.75 Å². The van der Waals surface area contributed by atoms with E-state index < -0.39 is 5.41 Å². The molecule has 0 unspecified atom stereocenters. The average Bonchev–Trinajstić information content (AvgIpc) is 2.75. The first-order valence-corrected chi connectivity index (χ1v) is 12.8. The highest BCUT2D eigenvalue weighted by molar-refractivity contribution is 6.32. The van der Waals surface area contributed by atoms with Gasteiger partial charge in [-0.1, -0.05) is 18.0 Å². The summed E-state index contributed by atoms with van der Waals surface area (Å²) in [5, 5.41) is 10.6. The standard InChI is InChI=1S/C26H37ClN2O4/c1-18-13-22(14-19(2)24(18)27)33-17-26(15-23(31)28-11-7-21(30)8-12-28)9-4-10-29(16-26)25(32)20-5-3-6-20/h13-14,20-21,30H,3-12,15-17H2,1-2H3/t26-/m0/s1. The summed E-state index contributed by atoms with van der Waals surface area (Å²) < 4.78 is 6.29. The van der Waals surface area contributed by atoms with Crippen molar-refractivity contribution >= 4 is 23.4 Å². The number of ether oxygens (including phenoxy) is 1. The van der Waals surface area contributed by atoms with Crippen LogP contribution in [0.2, 0.25) is 5.02 Å². The van der Waals surface area contributed by atoms with E-state index in [9.17, 15) is 14.7 Å². The van der Waals surface area contributed by atoms with E-state index in [1.165, 1.54) is 0 Å². The van der Waals surface area contributed by atoms with Gasteiger partial charge in [0.15, 0.2) is 0 Å². The number of benzene rings is 1. The minimum atomic E-state index is -0.410. The largest absolute Gasteiger partial charge is 0.493 e. The Morgan fingerprint density at radius 1 is 1.06 bits per heavy atom. The molecule has 1 atom stereocenters. The number of aliphatic hydroxyl groups excluding tert-OH is 1. The maximum atomic E-state index is 13.3. The van der Waals surface area contributed by atoms with Crippen LogP contribution in [0.5, 0.6) is 5.75 Å². The zero-order valence-electron chi connectivity index (χ0n) is 19.9. The number of hydrogen-bond donors (Lipinski definition) is 1. The number of rotatable bonds is 6. The number of halogens is 1. The Hall–Kier alpha value is -1.79. The number of hydrogen-bond acceptors (Lipinski definition) is 4. The van der Waals surface area contributed by atoms with E-state index in [4.69, 9.17) is 16.3 Å². The van der Waals surface area contributed by atoms with Gasteiger partial charge in [0.05, 0.1) is 12.7 Å². The highest BCUT2D eigenvalue weighted by Gasteiger charge is 2.42. The highest BCUT2D eigenvalue weighted by atomic mass is 35.5. The maximum Gasteiger partial charge on any atom is 0.225 e. The smallest absolute Gasteiger partial charge is 0.225 e. The molecule has 7 heteroatoms. The van der Waals surface area contributed by atoms with Crippen LogP contribution < -0.4 is 4.74 Å². The fourth-order valence-electron chi connectivity index (χ4n) is 5.40.